The SMILES string of the molecule is CCNCC1CCCOC1c1cscn1. The van der Waals surface area contributed by atoms with Crippen LogP contribution in [0.1, 0.15) is 31.6 Å². The van der Waals surface area contributed by atoms with Gasteiger partial charge in [0.15, 0.2) is 0 Å². The van der Waals surface area contributed by atoms with Gasteiger partial charge < -0.3 is 10.1 Å². The molecule has 1 N–H and O–H groups in total. The number of rotatable bonds is 4. The van der Waals surface area contributed by atoms with Crippen LogP contribution in [0.4, 0.5) is 0 Å². The predicted octanol–water partition coefficient (Wildman–Crippen LogP) is 2.22. The van der Waals surface area contributed by atoms with Gasteiger partial charge in [0.2, 0.25) is 0 Å². The fraction of sp³-hybridized carbons (Fsp3) is 0.727. The molecule has 0 aliphatic carbocycles. The number of thiazole rings is 1. The molecule has 1 fully saturated rings. The van der Waals surface area contributed by atoms with Gasteiger partial charge in [0.25, 0.3) is 0 Å². The van der Waals surface area contributed by atoms with Crippen LogP contribution in [-0.4, -0.2) is 24.7 Å². The zero-order valence-corrected chi connectivity index (χ0v) is 9.93. The molecule has 1 saturated heterocycles. The second-order valence-electron chi connectivity index (χ2n) is 3.91. The first-order valence-electron chi connectivity index (χ1n) is 5.62. The van der Waals surface area contributed by atoms with Gasteiger partial charge in [-0.1, -0.05) is 6.92 Å². The molecule has 0 bridgehead atoms. The molecule has 1 aromatic heterocycles. The third-order valence-corrected chi connectivity index (χ3v) is 3.45. The Morgan fingerprint density at radius 3 is 3.33 bits per heavy atom. The molecule has 2 heterocycles. The number of hydrogen-bond acceptors (Lipinski definition) is 4. The number of nitrogens with one attached hydrogen (secondary N) is 1. The predicted molar refractivity (Wildman–Crippen MR) is 62.1 cm³/mol. The van der Waals surface area contributed by atoms with Gasteiger partial charge in [0.1, 0.15) is 6.10 Å². The van der Waals surface area contributed by atoms with Gasteiger partial charge in [-0.15, -0.1) is 11.3 Å². The molecule has 84 valence electrons. The van der Waals surface area contributed by atoms with Gasteiger partial charge in [-0.25, -0.2) is 4.98 Å². The zero-order chi connectivity index (χ0) is 10.5. The second-order valence-corrected chi connectivity index (χ2v) is 4.63. The van der Waals surface area contributed by atoms with Crippen molar-refractivity contribution >= 4 is 11.3 Å². The van der Waals surface area contributed by atoms with Gasteiger partial charge in [-0.05, 0) is 19.4 Å². The summed E-state index contributed by atoms with van der Waals surface area (Å²) in [4.78, 5) is 4.36. The number of hydrogen-bond donors (Lipinski definition) is 1. The molecule has 2 atom stereocenters. The number of nitrogens with zero attached hydrogens (tertiary/aromatic N) is 1. The van der Waals surface area contributed by atoms with E-state index in [1.807, 2.05) is 5.51 Å². The van der Waals surface area contributed by atoms with E-state index in [4.69, 9.17) is 4.74 Å². The fourth-order valence-corrected chi connectivity index (χ4v) is 2.65. The monoisotopic (exact) mass is 226 g/mol. The first-order valence-corrected chi connectivity index (χ1v) is 6.56. The molecule has 0 amide bonds. The maximum absolute atomic E-state index is 5.84. The molecule has 1 aromatic rings. The summed E-state index contributed by atoms with van der Waals surface area (Å²) in [6.45, 7) is 5.09. The van der Waals surface area contributed by atoms with Gasteiger partial charge in [0, 0.05) is 24.4 Å². The summed E-state index contributed by atoms with van der Waals surface area (Å²) in [5, 5.41) is 5.51. The third kappa shape index (κ3) is 2.77. The van der Waals surface area contributed by atoms with Crippen LogP contribution in [0.2, 0.25) is 0 Å². The van der Waals surface area contributed by atoms with Crippen LogP contribution in [0.15, 0.2) is 10.9 Å². The minimum Gasteiger partial charge on any atom is -0.372 e. The molecule has 2 unspecified atom stereocenters. The first kappa shape index (κ1) is 11.0. The van der Waals surface area contributed by atoms with E-state index in [2.05, 4.69) is 22.6 Å². The molecular formula is C11H18N2OS. The van der Waals surface area contributed by atoms with Crippen LogP contribution in [0.25, 0.3) is 0 Å². The molecule has 15 heavy (non-hydrogen) atoms. The molecule has 4 heteroatoms. The van der Waals surface area contributed by atoms with Crippen molar-refractivity contribution in [3.05, 3.63) is 16.6 Å². The van der Waals surface area contributed by atoms with Crippen LogP contribution < -0.4 is 5.32 Å². The lowest BCUT2D eigenvalue weighted by atomic mass is 9.92. The fourth-order valence-electron chi connectivity index (χ4n) is 2.07. The van der Waals surface area contributed by atoms with E-state index in [9.17, 15) is 0 Å². The summed E-state index contributed by atoms with van der Waals surface area (Å²) in [6.07, 6.45) is 2.63. The van der Waals surface area contributed by atoms with Gasteiger partial charge in [0.05, 0.1) is 11.2 Å². The quantitative estimate of drug-likeness (QED) is 0.855. The minimum absolute atomic E-state index is 0.212. The van der Waals surface area contributed by atoms with E-state index < -0.39 is 0 Å². The van der Waals surface area contributed by atoms with Crippen molar-refractivity contribution < 1.29 is 4.74 Å². The standard InChI is InChI=1S/C11H18N2OS/c1-2-12-6-9-4-3-5-14-11(9)10-7-15-8-13-10/h7-9,11-12H,2-6H2,1H3. The highest BCUT2D eigenvalue weighted by Gasteiger charge is 2.28. The Balaban J connectivity index is 1.99. The van der Waals surface area contributed by atoms with Crippen LogP contribution >= 0.6 is 11.3 Å². The molecule has 0 spiro atoms. The summed E-state index contributed by atoms with van der Waals surface area (Å²) in [5.74, 6) is 0.584. The highest BCUT2D eigenvalue weighted by molar-refractivity contribution is 7.07. The maximum Gasteiger partial charge on any atom is 0.104 e. The molecule has 3 nitrogen and oxygen atoms in total. The van der Waals surface area contributed by atoms with Crippen molar-refractivity contribution in [2.75, 3.05) is 19.7 Å². The van der Waals surface area contributed by atoms with Gasteiger partial charge >= 0.3 is 0 Å². The van der Waals surface area contributed by atoms with Crippen molar-refractivity contribution in [2.45, 2.75) is 25.9 Å². The molecule has 1 aliphatic heterocycles. The Kier molecular flexibility index (Phi) is 4.11. The normalized spacial score (nSPS) is 26.7. The van der Waals surface area contributed by atoms with E-state index in [1.165, 1.54) is 12.8 Å². The van der Waals surface area contributed by atoms with Crippen LogP contribution in [0.3, 0.4) is 0 Å². The van der Waals surface area contributed by atoms with E-state index >= 15 is 0 Å². The van der Waals surface area contributed by atoms with Crippen LogP contribution in [-0.2, 0) is 4.74 Å². The summed E-state index contributed by atoms with van der Waals surface area (Å²) < 4.78 is 5.84. The summed E-state index contributed by atoms with van der Waals surface area (Å²) >= 11 is 1.65. The van der Waals surface area contributed by atoms with E-state index in [1.54, 1.807) is 11.3 Å². The molecule has 0 saturated carbocycles. The average Bonchev–Trinajstić information content (AvgIpc) is 2.80. The Morgan fingerprint density at radius 1 is 1.67 bits per heavy atom. The Hall–Kier alpha value is -0.450. The lowest BCUT2D eigenvalue weighted by Crippen LogP contribution is -2.32. The number of ether oxygens (including phenoxy) is 1. The molecule has 2 rings (SSSR count). The molecule has 0 radical (unpaired) electrons. The third-order valence-electron chi connectivity index (χ3n) is 2.84. The molecule has 1 aliphatic rings. The van der Waals surface area contributed by atoms with E-state index in [-0.39, 0.29) is 6.10 Å². The van der Waals surface area contributed by atoms with Gasteiger partial charge in [-0.3, -0.25) is 0 Å². The Labute approximate surface area is 94.9 Å². The van der Waals surface area contributed by atoms with Crippen molar-refractivity contribution in [1.82, 2.24) is 10.3 Å². The van der Waals surface area contributed by atoms with Crippen molar-refractivity contribution in [2.24, 2.45) is 5.92 Å². The summed E-state index contributed by atoms with van der Waals surface area (Å²) in [7, 11) is 0. The highest BCUT2D eigenvalue weighted by Crippen LogP contribution is 2.32. The Morgan fingerprint density at radius 2 is 2.60 bits per heavy atom. The maximum atomic E-state index is 5.84. The van der Waals surface area contributed by atoms with E-state index in [0.717, 1.165) is 25.4 Å². The van der Waals surface area contributed by atoms with Crippen LogP contribution in [0, 0.1) is 5.92 Å². The molecular weight excluding hydrogens is 208 g/mol. The number of aromatic nitrogens is 1. The average molecular weight is 226 g/mol. The van der Waals surface area contributed by atoms with Crippen molar-refractivity contribution in [1.29, 1.82) is 0 Å². The van der Waals surface area contributed by atoms with Crippen LogP contribution in [0.5, 0.6) is 0 Å². The molecule has 0 aromatic carbocycles. The first-order chi connectivity index (χ1) is 7.42. The van der Waals surface area contributed by atoms with E-state index in [0.29, 0.717) is 5.92 Å². The lowest BCUT2D eigenvalue weighted by Gasteiger charge is -2.30. The summed E-state index contributed by atoms with van der Waals surface area (Å²) in [6, 6.07) is 0. The second kappa shape index (κ2) is 5.58. The smallest absolute Gasteiger partial charge is 0.104 e. The summed E-state index contributed by atoms with van der Waals surface area (Å²) in [5.41, 5.74) is 3.00. The topological polar surface area (TPSA) is 34.1 Å². The zero-order valence-electron chi connectivity index (χ0n) is 9.11. The van der Waals surface area contributed by atoms with Crippen molar-refractivity contribution in [3.8, 4) is 0 Å². The highest BCUT2D eigenvalue weighted by atomic mass is 32.1. The lowest BCUT2D eigenvalue weighted by molar-refractivity contribution is -0.0297. The van der Waals surface area contributed by atoms with Gasteiger partial charge in [-0.2, -0.15) is 0 Å². The Bertz CT molecular complexity index is 276. The van der Waals surface area contributed by atoms with Crippen molar-refractivity contribution in [3.63, 3.8) is 0 Å². The minimum atomic E-state index is 0.212. The largest absolute Gasteiger partial charge is 0.372 e.